The molecule has 4 aromatic rings. The summed E-state index contributed by atoms with van der Waals surface area (Å²) in [5.74, 6) is -0.0887. The van der Waals surface area contributed by atoms with E-state index < -0.39 is 5.56 Å². The van der Waals surface area contributed by atoms with Crippen LogP contribution in [0.2, 0.25) is 8.67 Å². The lowest BCUT2D eigenvalue weighted by atomic mass is 10.00. The summed E-state index contributed by atoms with van der Waals surface area (Å²) in [6.07, 6.45) is 0. The first-order valence-corrected chi connectivity index (χ1v) is 11.8. The molecule has 4 rings (SSSR count). The molecule has 0 fully saturated rings. The van der Waals surface area contributed by atoms with E-state index in [2.05, 4.69) is 20.5 Å². The van der Waals surface area contributed by atoms with Crippen LogP contribution in [0, 0.1) is 0 Å². The Bertz CT molecular complexity index is 1320. The lowest BCUT2D eigenvalue weighted by Gasteiger charge is -2.16. The van der Waals surface area contributed by atoms with E-state index in [1.807, 2.05) is 49.4 Å². The van der Waals surface area contributed by atoms with E-state index in [9.17, 15) is 9.59 Å². The van der Waals surface area contributed by atoms with Gasteiger partial charge in [-0.1, -0.05) is 77.4 Å². The number of H-pyrrole nitrogens is 1. The number of fused-ring (bicyclic) bond motifs is 1. The highest BCUT2D eigenvalue weighted by atomic mass is 35.5. The van der Waals surface area contributed by atoms with Crippen LogP contribution in [0.15, 0.2) is 58.5 Å². The predicted octanol–water partition coefficient (Wildman–Crippen LogP) is 5.32. The highest BCUT2D eigenvalue weighted by Crippen LogP contribution is 2.36. The van der Waals surface area contributed by atoms with Crippen molar-refractivity contribution >= 4 is 63.0 Å². The van der Waals surface area contributed by atoms with Gasteiger partial charge in [0.2, 0.25) is 5.91 Å². The molecule has 10 heteroatoms. The van der Waals surface area contributed by atoms with Gasteiger partial charge in [0.1, 0.15) is 4.34 Å². The Morgan fingerprint density at radius 1 is 1.19 bits per heavy atom. The summed E-state index contributed by atoms with van der Waals surface area (Å²) in [5, 5.41) is 13.4. The molecule has 158 valence electrons. The van der Waals surface area contributed by atoms with Gasteiger partial charge in [0.15, 0.2) is 10.9 Å². The van der Waals surface area contributed by atoms with Crippen LogP contribution in [-0.4, -0.2) is 26.8 Å². The molecule has 0 bridgehead atoms. The summed E-state index contributed by atoms with van der Waals surface area (Å²) >= 11 is 14.3. The summed E-state index contributed by atoms with van der Waals surface area (Å²) in [5.41, 5.74) is 1.12. The number of halogens is 2. The number of amides is 1. The summed E-state index contributed by atoms with van der Waals surface area (Å²) in [7, 11) is 0. The zero-order valence-electron chi connectivity index (χ0n) is 16.2. The van der Waals surface area contributed by atoms with Crippen molar-refractivity contribution < 1.29 is 4.79 Å². The van der Waals surface area contributed by atoms with Crippen molar-refractivity contribution in [2.45, 2.75) is 18.1 Å². The number of aromatic amines is 1. The van der Waals surface area contributed by atoms with Crippen LogP contribution < -0.4 is 10.9 Å². The number of rotatable bonds is 6. The Morgan fingerprint density at radius 3 is 2.71 bits per heavy atom. The molecule has 0 spiro atoms. The number of carbonyl (C=O) groups is 1. The van der Waals surface area contributed by atoms with E-state index in [1.54, 1.807) is 6.07 Å². The van der Waals surface area contributed by atoms with E-state index in [0.29, 0.717) is 14.2 Å². The molecule has 31 heavy (non-hydrogen) atoms. The van der Waals surface area contributed by atoms with Crippen LogP contribution in [0.4, 0.5) is 0 Å². The number of thioether (sulfide) groups is 1. The summed E-state index contributed by atoms with van der Waals surface area (Å²) in [4.78, 5) is 27.5. The maximum atomic E-state index is 12.5. The van der Waals surface area contributed by atoms with Gasteiger partial charge in [0.05, 0.1) is 16.1 Å². The summed E-state index contributed by atoms with van der Waals surface area (Å²) in [6.45, 7) is 1.94. The van der Waals surface area contributed by atoms with Gasteiger partial charge in [0, 0.05) is 5.56 Å². The molecular formula is C21H16Cl2N4O2S2. The molecule has 0 aliphatic carbocycles. The second-order valence-corrected chi connectivity index (χ2v) is 9.94. The molecule has 6 nitrogen and oxygen atoms in total. The molecule has 1 unspecified atom stereocenters. The fourth-order valence-corrected chi connectivity index (χ4v) is 5.27. The molecule has 2 aromatic heterocycles. The minimum Gasteiger partial charge on any atom is -0.349 e. The Morgan fingerprint density at radius 2 is 1.97 bits per heavy atom. The molecule has 2 heterocycles. The fourth-order valence-electron chi connectivity index (χ4n) is 3.19. The fraction of sp³-hybridized carbons (Fsp3) is 0.143. The third kappa shape index (κ3) is 4.93. The largest absolute Gasteiger partial charge is 0.349 e. The highest BCUT2D eigenvalue weighted by molar-refractivity contribution is 7.99. The minimum atomic E-state index is -0.446. The quantitative estimate of drug-likeness (QED) is 0.357. The second kappa shape index (κ2) is 9.40. The SMILES string of the molecule is CC(NC(=O)CSc1nnc(-c2cc(Cl)sc2Cl)c(=O)[nH]1)c1cccc2ccccc12. The third-order valence-electron chi connectivity index (χ3n) is 4.60. The van der Waals surface area contributed by atoms with Crippen LogP contribution in [0.3, 0.4) is 0 Å². The monoisotopic (exact) mass is 490 g/mol. The van der Waals surface area contributed by atoms with Crippen molar-refractivity contribution in [1.29, 1.82) is 0 Å². The number of nitrogens with zero attached hydrogens (tertiary/aromatic N) is 2. The van der Waals surface area contributed by atoms with E-state index in [0.717, 1.165) is 39.4 Å². The molecule has 0 saturated heterocycles. The number of hydrogen-bond donors (Lipinski definition) is 2. The van der Waals surface area contributed by atoms with Crippen molar-refractivity contribution in [2.24, 2.45) is 0 Å². The Labute approximate surface area is 196 Å². The zero-order valence-corrected chi connectivity index (χ0v) is 19.3. The molecule has 2 N–H and O–H groups in total. The first-order valence-electron chi connectivity index (χ1n) is 9.24. The van der Waals surface area contributed by atoms with Gasteiger partial charge >= 0.3 is 0 Å². The maximum absolute atomic E-state index is 12.5. The van der Waals surface area contributed by atoms with Gasteiger partial charge in [0.25, 0.3) is 5.56 Å². The zero-order chi connectivity index (χ0) is 22.0. The second-order valence-electron chi connectivity index (χ2n) is 6.69. The van der Waals surface area contributed by atoms with Crippen LogP contribution in [-0.2, 0) is 4.79 Å². The predicted molar refractivity (Wildman–Crippen MR) is 127 cm³/mol. The Hall–Kier alpha value is -2.39. The molecule has 1 atom stereocenters. The van der Waals surface area contributed by atoms with E-state index >= 15 is 0 Å². The van der Waals surface area contributed by atoms with Gasteiger partial charge in [-0.15, -0.1) is 21.5 Å². The molecule has 0 radical (unpaired) electrons. The average molecular weight is 491 g/mol. The van der Waals surface area contributed by atoms with E-state index in [1.165, 1.54) is 0 Å². The van der Waals surface area contributed by atoms with Crippen molar-refractivity contribution in [3.8, 4) is 11.3 Å². The minimum absolute atomic E-state index is 0.0874. The highest BCUT2D eigenvalue weighted by Gasteiger charge is 2.16. The van der Waals surface area contributed by atoms with Crippen LogP contribution in [0.1, 0.15) is 18.5 Å². The van der Waals surface area contributed by atoms with Crippen LogP contribution >= 0.6 is 46.3 Å². The van der Waals surface area contributed by atoms with Gasteiger partial charge < -0.3 is 5.32 Å². The number of thiophene rings is 1. The smallest absolute Gasteiger partial charge is 0.278 e. The normalized spacial score (nSPS) is 12.1. The van der Waals surface area contributed by atoms with Gasteiger partial charge in [-0.2, -0.15) is 0 Å². The molecule has 0 aliphatic rings. The van der Waals surface area contributed by atoms with Crippen molar-refractivity contribution in [3.63, 3.8) is 0 Å². The Kier molecular flexibility index (Phi) is 6.62. The number of benzene rings is 2. The summed E-state index contributed by atoms with van der Waals surface area (Å²) in [6, 6.07) is 15.5. The van der Waals surface area contributed by atoms with Gasteiger partial charge in [-0.3, -0.25) is 14.6 Å². The number of nitrogens with one attached hydrogen (secondary N) is 2. The lowest BCUT2D eigenvalue weighted by molar-refractivity contribution is -0.119. The van der Waals surface area contributed by atoms with E-state index in [4.69, 9.17) is 23.2 Å². The standard InChI is InChI=1S/C21H16Cl2N4O2S2/c1-11(13-8-4-6-12-5-2-3-7-14(12)13)24-17(28)10-30-21-25-20(29)18(26-27-21)15-9-16(22)31-19(15)23/h2-9,11H,10H2,1H3,(H,24,28)(H,25,27,29). The van der Waals surface area contributed by atoms with E-state index in [-0.39, 0.29) is 28.6 Å². The van der Waals surface area contributed by atoms with Crippen molar-refractivity contribution in [1.82, 2.24) is 20.5 Å². The van der Waals surface area contributed by atoms with Crippen molar-refractivity contribution in [2.75, 3.05) is 5.75 Å². The molecular weight excluding hydrogens is 475 g/mol. The van der Waals surface area contributed by atoms with Crippen molar-refractivity contribution in [3.05, 3.63) is 73.1 Å². The molecule has 2 aromatic carbocycles. The average Bonchev–Trinajstić information content (AvgIpc) is 3.09. The number of aromatic nitrogens is 3. The van der Waals surface area contributed by atoms with Crippen LogP contribution in [0.25, 0.3) is 22.0 Å². The number of carbonyl (C=O) groups excluding carboxylic acids is 1. The molecule has 1 amide bonds. The number of hydrogen-bond acceptors (Lipinski definition) is 6. The van der Waals surface area contributed by atoms with Crippen LogP contribution in [0.5, 0.6) is 0 Å². The molecule has 0 saturated carbocycles. The van der Waals surface area contributed by atoms with Gasteiger partial charge in [-0.25, -0.2) is 0 Å². The topological polar surface area (TPSA) is 87.7 Å². The first kappa shape index (κ1) is 21.8. The first-order chi connectivity index (χ1) is 14.9. The molecule has 0 aliphatic heterocycles. The summed E-state index contributed by atoms with van der Waals surface area (Å²) < 4.78 is 0.823. The maximum Gasteiger partial charge on any atom is 0.278 e. The Balaban J connectivity index is 1.41. The third-order valence-corrected chi connectivity index (χ3v) is 6.95. The lowest BCUT2D eigenvalue weighted by Crippen LogP contribution is -2.28. The van der Waals surface area contributed by atoms with Gasteiger partial charge in [-0.05, 0) is 29.3 Å².